The van der Waals surface area contributed by atoms with Crippen LogP contribution in [0, 0.1) is 0 Å². The molecule has 2 aromatic rings. The highest BCUT2D eigenvalue weighted by atomic mass is 35.5. The predicted molar refractivity (Wildman–Crippen MR) is 88.5 cm³/mol. The third-order valence-corrected chi connectivity index (χ3v) is 5.30. The van der Waals surface area contributed by atoms with Crippen molar-refractivity contribution in [2.45, 2.75) is 12.5 Å². The van der Waals surface area contributed by atoms with Crippen LogP contribution < -0.4 is 10.6 Å². The Morgan fingerprint density at radius 1 is 1.24 bits per heavy atom. The fourth-order valence-electron chi connectivity index (χ4n) is 2.30. The molecule has 1 aromatic carbocycles. The lowest BCUT2D eigenvalue weighted by Crippen LogP contribution is -2.35. The fourth-order valence-corrected chi connectivity index (χ4v) is 3.50. The van der Waals surface area contributed by atoms with Crippen LogP contribution >= 0.6 is 34.5 Å². The summed E-state index contributed by atoms with van der Waals surface area (Å²) < 4.78 is 0. The standard InChI is InChI=1S/C15H14Cl2N2OS/c16-11-2-1-9(7-12(11)17)13-3-4-14(21-13)15(20)19-10-5-6-18-8-10/h1-4,7,10,18H,5-6,8H2,(H,19,20). The van der Waals surface area contributed by atoms with Gasteiger partial charge in [-0.1, -0.05) is 29.3 Å². The molecule has 3 nitrogen and oxygen atoms in total. The monoisotopic (exact) mass is 340 g/mol. The highest BCUT2D eigenvalue weighted by Crippen LogP contribution is 2.32. The quantitative estimate of drug-likeness (QED) is 0.891. The molecule has 1 atom stereocenters. The van der Waals surface area contributed by atoms with Crippen LogP contribution in [0.1, 0.15) is 16.1 Å². The van der Waals surface area contributed by atoms with E-state index in [-0.39, 0.29) is 11.9 Å². The molecule has 2 N–H and O–H groups in total. The Morgan fingerprint density at radius 2 is 2.10 bits per heavy atom. The van der Waals surface area contributed by atoms with Gasteiger partial charge in [-0.15, -0.1) is 11.3 Å². The number of carbonyl (C=O) groups is 1. The molecule has 1 amide bonds. The van der Waals surface area contributed by atoms with E-state index in [4.69, 9.17) is 23.2 Å². The molecule has 0 bridgehead atoms. The first kappa shape index (κ1) is 14.9. The lowest BCUT2D eigenvalue weighted by atomic mass is 10.2. The molecule has 110 valence electrons. The number of thiophene rings is 1. The van der Waals surface area contributed by atoms with Crippen molar-refractivity contribution in [2.75, 3.05) is 13.1 Å². The Balaban J connectivity index is 1.75. The van der Waals surface area contributed by atoms with Crippen LogP contribution in [-0.2, 0) is 0 Å². The Morgan fingerprint density at radius 3 is 2.81 bits per heavy atom. The number of nitrogens with one attached hydrogen (secondary N) is 2. The van der Waals surface area contributed by atoms with Gasteiger partial charge in [0.1, 0.15) is 0 Å². The summed E-state index contributed by atoms with van der Waals surface area (Å²) in [4.78, 5) is 13.9. The molecule has 1 aliphatic heterocycles. The zero-order valence-electron chi connectivity index (χ0n) is 11.2. The summed E-state index contributed by atoms with van der Waals surface area (Å²) in [6, 6.07) is 9.50. The third kappa shape index (κ3) is 3.40. The van der Waals surface area contributed by atoms with Gasteiger partial charge in [0.05, 0.1) is 14.9 Å². The van der Waals surface area contributed by atoms with Gasteiger partial charge in [-0.3, -0.25) is 4.79 Å². The van der Waals surface area contributed by atoms with Crippen LogP contribution in [0.3, 0.4) is 0 Å². The maximum atomic E-state index is 12.2. The van der Waals surface area contributed by atoms with Gasteiger partial charge in [0.25, 0.3) is 5.91 Å². The van der Waals surface area contributed by atoms with Crippen molar-refractivity contribution in [3.05, 3.63) is 45.3 Å². The first-order valence-electron chi connectivity index (χ1n) is 6.70. The highest BCUT2D eigenvalue weighted by molar-refractivity contribution is 7.17. The SMILES string of the molecule is O=C(NC1CCNC1)c1ccc(-c2ccc(Cl)c(Cl)c2)s1. The summed E-state index contributed by atoms with van der Waals surface area (Å²) in [5.74, 6) is -0.0139. The summed E-state index contributed by atoms with van der Waals surface area (Å²) in [5.41, 5.74) is 0.969. The molecule has 1 unspecified atom stereocenters. The van der Waals surface area contributed by atoms with E-state index in [1.807, 2.05) is 24.3 Å². The second-order valence-electron chi connectivity index (χ2n) is 4.96. The number of amides is 1. The van der Waals surface area contributed by atoms with Gasteiger partial charge in [0.2, 0.25) is 0 Å². The van der Waals surface area contributed by atoms with Crippen molar-refractivity contribution in [2.24, 2.45) is 0 Å². The number of benzene rings is 1. The van der Waals surface area contributed by atoms with Gasteiger partial charge < -0.3 is 10.6 Å². The molecular weight excluding hydrogens is 327 g/mol. The summed E-state index contributed by atoms with van der Waals surface area (Å²) in [6.07, 6.45) is 0.983. The number of halogens is 2. The Labute approximate surface area is 137 Å². The van der Waals surface area contributed by atoms with E-state index in [0.717, 1.165) is 30.0 Å². The fraction of sp³-hybridized carbons (Fsp3) is 0.267. The van der Waals surface area contributed by atoms with Gasteiger partial charge in [0, 0.05) is 17.5 Å². The van der Waals surface area contributed by atoms with Gasteiger partial charge in [0.15, 0.2) is 0 Å². The second-order valence-corrected chi connectivity index (χ2v) is 6.85. The van der Waals surface area contributed by atoms with Crippen molar-refractivity contribution in [3.63, 3.8) is 0 Å². The molecule has 3 rings (SSSR count). The molecule has 0 radical (unpaired) electrons. The van der Waals surface area contributed by atoms with E-state index in [2.05, 4.69) is 10.6 Å². The van der Waals surface area contributed by atoms with E-state index in [9.17, 15) is 4.79 Å². The van der Waals surface area contributed by atoms with E-state index >= 15 is 0 Å². The zero-order valence-corrected chi connectivity index (χ0v) is 13.5. The third-order valence-electron chi connectivity index (χ3n) is 3.43. The van der Waals surface area contributed by atoms with E-state index in [0.29, 0.717) is 14.9 Å². The van der Waals surface area contributed by atoms with Gasteiger partial charge in [-0.25, -0.2) is 0 Å². The average Bonchev–Trinajstić information content (AvgIpc) is 3.12. The molecule has 0 aliphatic carbocycles. The number of hydrogen-bond donors (Lipinski definition) is 2. The van der Waals surface area contributed by atoms with Gasteiger partial charge >= 0.3 is 0 Å². The van der Waals surface area contributed by atoms with Gasteiger partial charge in [-0.05, 0) is 42.8 Å². The molecule has 1 aromatic heterocycles. The Bertz CT molecular complexity index is 665. The van der Waals surface area contributed by atoms with E-state index < -0.39 is 0 Å². The number of hydrogen-bond acceptors (Lipinski definition) is 3. The minimum Gasteiger partial charge on any atom is -0.347 e. The van der Waals surface area contributed by atoms with Crippen LogP contribution in [0.15, 0.2) is 30.3 Å². The Kier molecular flexibility index (Phi) is 4.50. The van der Waals surface area contributed by atoms with Crippen LogP contribution in [0.2, 0.25) is 10.0 Å². The summed E-state index contributed by atoms with van der Waals surface area (Å²) >= 11 is 13.4. The maximum Gasteiger partial charge on any atom is 0.261 e. The minimum absolute atomic E-state index is 0.0139. The van der Waals surface area contributed by atoms with Crippen LogP contribution in [0.25, 0.3) is 10.4 Å². The summed E-state index contributed by atoms with van der Waals surface area (Å²) in [5, 5.41) is 7.33. The molecular formula is C15H14Cl2N2OS. The number of rotatable bonds is 3. The van der Waals surface area contributed by atoms with Crippen molar-refractivity contribution in [1.82, 2.24) is 10.6 Å². The van der Waals surface area contributed by atoms with E-state index in [1.165, 1.54) is 11.3 Å². The molecule has 2 heterocycles. The first-order valence-corrected chi connectivity index (χ1v) is 8.27. The second kappa shape index (κ2) is 6.36. The summed E-state index contributed by atoms with van der Waals surface area (Å²) in [7, 11) is 0. The normalized spacial score (nSPS) is 17.9. The van der Waals surface area contributed by atoms with E-state index in [1.54, 1.807) is 6.07 Å². The van der Waals surface area contributed by atoms with Crippen LogP contribution in [-0.4, -0.2) is 25.0 Å². The molecule has 21 heavy (non-hydrogen) atoms. The van der Waals surface area contributed by atoms with Gasteiger partial charge in [-0.2, -0.15) is 0 Å². The lowest BCUT2D eigenvalue weighted by Gasteiger charge is -2.09. The molecule has 6 heteroatoms. The van der Waals surface area contributed by atoms with Crippen molar-refractivity contribution >= 4 is 40.4 Å². The molecule has 1 fully saturated rings. The van der Waals surface area contributed by atoms with Crippen molar-refractivity contribution in [1.29, 1.82) is 0 Å². The lowest BCUT2D eigenvalue weighted by molar-refractivity contribution is 0.0944. The molecule has 1 saturated heterocycles. The van der Waals surface area contributed by atoms with Crippen LogP contribution in [0.5, 0.6) is 0 Å². The van der Waals surface area contributed by atoms with Crippen molar-refractivity contribution < 1.29 is 4.79 Å². The smallest absolute Gasteiger partial charge is 0.261 e. The predicted octanol–water partition coefficient (Wildman–Crippen LogP) is 3.81. The summed E-state index contributed by atoms with van der Waals surface area (Å²) in [6.45, 7) is 1.81. The molecule has 0 spiro atoms. The highest BCUT2D eigenvalue weighted by Gasteiger charge is 2.18. The largest absolute Gasteiger partial charge is 0.347 e. The average molecular weight is 341 g/mol. The minimum atomic E-state index is -0.0139. The number of carbonyl (C=O) groups excluding carboxylic acids is 1. The molecule has 1 aliphatic rings. The molecule has 0 saturated carbocycles. The topological polar surface area (TPSA) is 41.1 Å². The zero-order chi connectivity index (χ0) is 14.8. The van der Waals surface area contributed by atoms with Crippen LogP contribution in [0.4, 0.5) is 0 Å². The van der Waals surface area contributed by atoms with Crippen molar-refractivity contribution in [3.8, 4) is 10.4 Å². The first-order chi connectivity index (χ1) is 10.1. The maximum absolute atomic E-state index is 12.2. The Hall–Kier alpha value is -1.07.